The Morgan fingerprint density at radius 3 is 2.48 bits per heavy atom. The monoisotopic (exact) mass is 479 g/mol. The van der Waals surface area contributed by atoms with Crippen molar-refractivity contribution in [3.8, 4) is 0 Å². The maximum Gasteiger partial charge on any atom is 0.409 e. The van der Waals surface area contributed by atoms with Crippen LogP contribution in [0.25, 0.3) is 11.0 Å². The molecule has 0 unspecified atom stereocenters. The first kappa shape index (κ1) is 25.0. The summed E-state index contributed by atoms with van der Waals surface area (Å²) in [5.41, 5.74) is 1.41. The molecule has 1 aliphatic rings. The van der Waals surface area contributed by atoms with Gasteiger partial charge in [0.1, 0.15) is 5.82 Å². The van der Waals surface area contributed by atoms with Crippen LogP contribution in [0.4, 0.5) is 4.79 Å². The van der Waals surface area contributed by atoms with Crippen LogP contribution in [0.2, 0.25) is 0 Å². The van der Waals surface area contributed by atoms with Gasteiger partial charge in [0.15, 0.2) is 0 Å². The fourth-order valence-electron chi connectivity index (χ4n) is 4.19. The van der Waals surface area contributed by atoms with Crippen LogP contribution in [-0.4, -0.2) is 78.5 Å². The highest BCUT2D eigenvalue weighted by Gasteiger charge is 2.25. The number of piperidine rings is 1. The van der Waals surface area contributed by atoms with Crippen LogP contribution in [-0.2, 0) is 33.0 Å². The van der Waals surface area contributed by atoms with Crippen molar-refractivity contribution in [1.29, 1.82) is 0 Å². The number of ether oxygens (including phenoxy) is 1. The SMILES string of the molecule is CCN(CC)S(=O)(=O)c1ccc2c(c1)nc(CCC(=O)NC1CCN(C(=O)OC)CC1)n2C. The molecule has 1 fully saturated rings. The normalized spacial score (nSPS) is 15.2. The number of methoxy groups -OCH3 is 1. The Kier molecular flexibility index (Phi) is 7.96. The molecule has 1 aliphatic heterocycles. The highest BCUT2D eigenvalue weighted by Crippen LogP contribution is 2.23. The summed E-state index contributed by atoms with van der Waals surface area (Å²) in [7, 11) is -0.334. The predicted octanol–water partition coefficient (Wildman–Crippen LogP) is 1.88. The van der Waals surface area contributed by atoms with E-state index in [9.17, 15) is 18.0 Å². The lowest BCUT2D eigenvalue weighted by molar-refractivity contribution is -0.122. The molecule has 10 nitrogen and oxygen atoms in total. The van der Waals surface area contributed by atoms with E-state index in [1.165, 1.54) is 11.4 Å². The second-order valence-corrected chi connectivity index (χ2v) is 10.1. The molecule has 0 atom stereocenters. The number of nitrogens with zero attached hydrogens (tertiary/aromatic N) is 4. The number of carbonyl (C=O) groups is 2. The Labute approximate surface area is 194 Å². The average Bonchev–Trinajstić information content (AvgIpc) is 3.13. The van der Waals surface area contributed by atoms with Crippen molar-refractivity contribution in [1.82, 2.24) is 24.1 Å². The van der Waals surface area contributed by atoms with Crippen molar-refractivity contribution in [3.63, 3.8) is 0 Å². The number of benzene rings is 1. The third kappa shape index (κ3) is 5.47. The second-order valence-electron chi connectivity index (χ2n) is 8.13. The Bertz CT molecular complexity index is 1100. The maximum atomic E-state index is 12.8. The fraction of sp³-hybridized carbons (Fsp3) is 0.591. The molecule has 1 aromatic carbocycles. The van der Waals surface area contributed by atoms with Crippen LogP contribution < -0.4 is 5.32 Å². The number of amides is 2. The summed E-state index contributed by atoms with van der Waals surface area (Å²) < 4.78 is 33.7. The molecule has 2 heterocycles. The molecule has 11 heteroatoms. The maximum absolute atomic E-state index is 12.8. The van der Waals surface area contributed by atoms with E-state index in [0.717, 1.165) is 11.3 Å². The number of hydrogen-bond acceptors (Lipinski definition) is 6. The zero-order chi connectivity index (χ0) is 24.2. The molecule has 1 saturated heterocycles. The smallest absolute Gasteiger partial charge is 0.409 e. The summed E-state index contributed by atoms with van der Waals surface area (Å²) in [4.78, 5) is 30.5. The van der Waals surface area contributed by atoms with Gasteiger partial charge in [-0.3, -0.25) is 4.79 Å². The van der Waals surface area contributed by atoms with E-state index in [0.29, 0.717) is 51.0 Å². The summed E-state index contributed by atoms with van der Waals surface area (Å²) in [6, 6.07) is 5.00. The largest absolute Gasteiger partial charge is 0.453 e. The molecule has 0 radical (unpaired) electrons. The summed E-state index contributed by atoms with van der Waals surface area (Å²) in [5.74, 6) is 0.654. The van der Waals surface area contributed by atoms with Crippen molar-refractivity contribution >= 4 is 33.1 Å². The second kappa shape index (κ2) is 10.5. The van der Waals surface area contributed by atoms with Crippen molar-refractivity contribution in [2.75, 3.05) is 33.3 Å². The number of hydrogen-bond donors (Lipinski definition) is 1. The Balaban J connectivity index is 1.62. The van der Waals surface area contributed by atoms with Gasteiger partial charge in [-0.2, -0.15) is 4.31 Å². The van der Waals surface area contributed by atoms with Gasteiger partial charge in [-0.05, 0) is 31.0 Å². The molecule has 1 N–H and O–H groups in total. The van der Waals surface area contributed by atoms with Gasteiger partial charge >= 0.3 is 6.09 Å². The summed E-state index contributed by atoms with van der Waals surface area (Å²) in [6.07, 6.45) is 1.76. The molecule has 2 amide bonds. The van der Waals surface area contributed by atoms with Crippen molar-refractivity contribution in [2.45, 2.75) is 50.5 Å². The van der Waals surface area contributed by atoms with Crippen molar-refractivity contribution in [3.05, 3.63) is 24.0 Å². The van der Waals surface area contributed by atoms with Crippen LogP contribution in [0.3, 0.4) is 0 Å². The van der Waals surface area contributed by atoms with Gasteiger partial charge in [0, 0.05) is 52.1 Å². The molecule has 2 aromatic rings. The van der Waals surface area contributed by atoms with Gasteiger partial charge in [-0.25, -0.2) is 18.2 Å². The average molecular weight is 480 g/mol. The third-order valence-corrected chi connectivity index (χ3v) is 8.20. The minimum atomic E-state index is -3.56. The number of aromatic nitrogens is 2. The van der Waals surface area contributed by atoms with E-state index >= 15 is 0 Å². The first-order valence-electron chi connectivity index (χ1n) is 11.3. The number of carbonyl (C=O) groups excluding carboxylic acids is 2. The van der Waals surface area contributed by atoms with Gasteiger partial charge in [0.25, 0.3) is 0 Å². The lowest BCUT2D eigenvalue weighted by atomic mass is 10.1. The highest BCUT2D eigenvalue weighted by atomic mass is 32.2. The lowest BCUT2D eigenvalue weighted by Crippen LogP contribution is -2.46. The van der Waals surface area contributed by atoms with Crippen LogP contribution in [0.1, 0.15) is 38.9 Å². The Morgan fingerprint density at radius 2 is 1.88 bits per heavy atom. The molecular weight excluding hydrogens is 446 g/mol. The van der Waals surface area contributed by atoms with Gasteiger partial charge in [0.2, 0.25) is 15.9 Å². The zero-order valence-electron chi connectivity index (χ0n) is 19.7. The lowest BCUT2D eigenvalue weighted by Gasteiger charge is -2.31. The van der Waals surface area contributed by atoms with Crippen molar-refractivity contribution in [2.24, 2.45) is 7.05 Å². The molecule has 0 spiro atoms. The Hall–Kier alpha value is -2.66. The van der Waals surface area contributed by atoms with Crippen LogP contribution >= 0.6 is 0 Å². The van der Waals surface area contributed by atoms with Crippen molar-refractivity contribution < 1.29 is 22.7 Å². The quantitative estimate of drug-likeness (QED) is 0.618. The molecule has 0 bridgehead atoms. The number of imidazole rings is 1. The number of rotatable bonds is 8. The van der Waals surface area contributed by atoms with Gasteiger partial charge < -0.3 is 19.5 Å². The summed E-state index contributed by atoms with van der Waals surface area (Å²) >= 11 is 0. The van der Waals surface area contributed by atoms with Gasteiger partial charge in [0.05, 0.1) is 23.0 Å². The van der Waals surface area contributed by atoms with Gasteiger partial charge in [-0.15, -0.1) is 0 Å². The summed E-state index contributed by atoms with van der Waals surface area (Å²) in [5, 5.41) is 3.03. The number of nitrogens with one attached hydrogen (secondary N) is 1. The number of likely N-dealkylation sites (tertiary alicyclic amines) is 1. The first-order valence-corrected chi connectivity index (χ1v) is 12.7. The van der Waals surface area contributed by atoms with E-state index in [2.05, 4.69) is 10.3 Å². The molecular formula is C22H33N5O5S. The number of fused-ring (bicyclic) bond motifs is 1. The van der Waals surface area contributed by atoms with Crippen LogP contribution in [0, 0.1) is 0 Å². The molecule has 3 rings (SSSR count). The standard InChI is InChI=1S/C22H33N5O5S/c1-5-27(6-2)33(30,31)17-7-8-19-18(15-17)24-20(25(19)3)9-10-21(28)23-16-11-13-26(14-12-16)22(29)32-4/h7-8,15-16H,5-6,9-14H2,1-4H3,(H,23,28). The van der Waals surface area contributed by atoms with Gasteiger partial charge in [-0.1, -0.05) is 13.8 Å². The predicted molar refractivity (Wildman–Crippen MR) is 124 cm³/mol. The number of sulfonamides is 1. The zero-order valence-corrected chi connectivity index (χ0v) is 20.5. The minimum Gasteiger partial charge on any atom is -0.453 e. The molecule has 0 aliphatic carbocycles. The molecule has 182 valence electrons. The van der Waals surface area contributed by atoms with E-state index < -0.39 is 10.0 Å². The molecule has 1 aromatic heterocycles. The summed E-state index contributed by atoms with van der Waals surface area (Å²) in [6.45, 7) is 5.54. The van der Waals surface area contributed by atoms with E-state index in [1.54, 1.807) is 23.1 Å². The van der Waals surface area contributed by atoms with Crippen LogP contribution in [0.15, 0.2) is 23.1 Å². The third-order valence-electron chi connectivity index (χ3n) is 6.16. The fourth-order valence-corrected chi connectivity index (χ4v) is 5.67. The van der Waals surface area contributed by atoms with E-state index in [1.807, 2.05) is 25.5 Å². The molecule has 0 saturated carbocycles. The highest BCUT2D eigenvalue weighted by molar-refractivity contribution is 7.89. The van der Waals surface area contributed by atoms with E-state index in [-0.39, 0.29) is 29.4 Å². The number of aryl methyl sites for hydroxylation is 2. The first-order chi connectivity index (χ1) is 15.7. The molecule has 33 heavy (non-hydrogen) atoms. The van der Waals surface area contributed by atoms with E-state index in [4.69, 9.17) is 4.74 Å². The minimum absolute atomic E-state index is 0.0340. The van der Waals surface area contributed by atoms with Crippen LogP contribution in [0.5, 0.6) is 0 Å². The Morgan fingerprint density at radius 1 is 1.21 bits per heavy atom. The topological polar surface area (TPSA) is 114 Å².